The second-order valence-corrected chi connectivity index (χ2v) is 6.01. The first-order chi connectivity index (χ1) is 11.9. The van der Waals surface area contributed by atoms with E-state index in [1.165, 1.54) is 6.26 Å². The van der Waals surface area contributed by atoms with Crippen LogP contribution in [-0.2, 0) is 7.05 Å². The highest BCUT2D eigenvalue weighted by Crippen LogP contribution is 2.15. The largest absolute Gasteiger partial charge is 0.459 e. The van der Waals surface area contributed by atoms with Gasteiger partial charge in [-0.1, -0.05) is 0 Å². The normalized spacial score (nSPS) is 11.8. The zero-order chi connectivity index (χ0) is 18.4. The number of aromatic nitrogens is 2. The van der Waals surface area contributed by atoms with Gasteiger partial charge in [-0.05, 0) is 33.3 Å². The first kappa shape index (κ1) is 18.6. The Hall–Kier alpha value is -2.77. The van der Waals surface area contributed by atoms with Gasteiger partial charge in [0.05, 0.1) is 18.0 Å². The number of hydrogen-bond acceptors (Lipinski definition) is 4. The van der Waals surface area contributed by atoms with E-state index in [0.29, 0.717) is 25.3 Å². The zero-order valence-corrected chi connectivity index (χ0v) is 15.0. The number of rotatable bonds is 7. The second-order valence-electron chi connectivity index (χ2n) is 6.01. The minimum atomic E-state index is -0.246. The molecule has 136 valence electrons. The van der Waals surface area contributed by atoms with Crippen LogP contribution in [0.1, 0.15) is 46.8 Å². The number of carbonyl (C=O) groups is 2. The van der Waals surface area contributed by atoms with Gasteiger partial charge in [-0.2, -0.15) is 5.10 Å². The number of hydrogen-bond donors (Lipinski definition) is 3. The molecule has 0 radical (unpaired) electrons. The van der Waals surface area contributed by atoms with E-state index in [4.69, 9.17) is 4.42 Å². The third kappa shape index (κ3) is 5.10. The van der Waals surface area contributed by atoms with Crippen molar-refractivity contribution in [1.82, 2.24) is 25.7 Å². The molecule has 0 unspecified atom stereocenters. The molecule has 8 heteroatoms. The van der Waals surface area contributed by atoms with E-state index in [9.17, 15) is 9.59 Å². The van der Waals surface area contributed by atoms with Gasteiger partial charge in [0.25, 0.3) is 5.91 Å². The lowest BCUT2D eigenvalue weighted by atomic mass is 10.1. The number of urea groups is 1. The van der Waals surface area contributed by atoms with Crippen LogP contribution < -0.4 is 16.0 Å². The van der Waals surface area contributed by atoms with Crippen molar-refractivity contribution in [2.75, 3.05) is 13.1 Å². The smallest absolute Gasteiger partial charge is 0.315 e. The standard InChI is InChI=1S/C17H25N5O3/c1-11-6-9-25-15(11)16(23)18-7-5-8-19-17(24)20-12(2)14-10-22(4)21-13(14)3/h6,9-10,12H,5,7-8H2,1-4H3,(H,18,23)(H2,19,20,24)/t12-/m1/s1. The van der Waals surface area contributed by atoms with Gasteiger partial charge in [0, 0.05) is 37.5 Å². The number of amides is 3. The number of carbonyl (C=O) groups excluding carboxylic acids is 2. The third-order valence-corrected chi connectivity index (χ3v) is 3.86. The lowest BCUT2D eigenvalue weighted by Crippen LogP contribution is -2.38. The SMILES string of the molecule is Cc1ccoc1C(=O)NCCCNC(=O)N[C@H](C)c1cn(C)nc1C. The van der Waals surface area contributed by atoms with Crippen molar-refractivity contribution < 1.29 is 14.0 Å². The molecule has 0 fully saturated rings. The average molecular weight is 347 g/mol. The van der Waals surface area contributed by atoms with Crippen molar-refractivity contribution >= 4 is 11.9 Å². The molecule has 2 rings (SSSR count). The Labute approximate surface area is 147 Å². The van der Waals surface area contributed by atoms with Gasteiger partial charge in [0.15, 0.2) is 5.76 Å². The van der Waals surface area contributed by atoms with Gasteiger partial charge in [-0.3, -0.25) is 9.48 Å². The van der Waals surface area contributed by atoms with Crippen LogP contribution in [-0.4, -0.2) is 34.8 Å². The van der Waals surface area contributed by atoms with Crippen LogP contribution in [0.2, 0.25) is 0 Å². The third-order valence-electron chi connectivity index (χ3n) is 3.86. The van der Waals surface area contributed by atoms with Crippen molar-refractivity contribution in [2.24, 2.45) is 7.05 Å². The number of nitrogens with zero attached hydrogens (tertiary/aromatic N) is 2. The van der Waals surface area contributed by atoms with E-state index >= 15 is 0 Å². The lowest BCUT2D eigenvalue weighted by molar-refractivity contribution is 0.0925. The van der Waals surface area contributed by atoms with Gasteiger partial charge in [0.2, 0.25) is 0 Å². The minimum Gasteiger partial charge on any atom is -0.459 e. The predicted octanol–water partition coefficient (Wildman–Crippen LogP) is 1.81. The average Bonchev–Trinajstić information content (AvgIpc) is 3.11. The van der Waals surface area contributed by atoms with Crippen LogP contribution in [0.3, 0.4) is 0 Å². The fourth-order valence-electron chi connectivity index (χ4n) is 2.55. The van der Waals surface area contributed by atoms with Crippen LogP contribution >= 0.6 is 0 Å². The minimum absolute atomic E-state index is 0.129. The Morgan fingerprint density at radius 2 is 2.00 bits per heavy atom. The van der Waals surface area contributed by atoms with Gasteiger partial charge in [-0.15, -0.1) is 0 Å². The molecule has 8 nitrogen and oxygen atoms in total. The van der Waals surface area contributed by atoms with Crippen molar-refractivity contribution in [3.8, 4) is 0 Å². The highest BCUT2D eigenvalue weighted by Gasteiger charge is 2.14. The Bertz CT molecular complexity index is 734. The van der Waals surface area contributed by atoms with E-state index in [1.807, 2.05) is 34.0 Å². The maximum Gasteiger partial charge on any atom is 0.315 e. The molecule has 0 aromatic carbocycles. The molecular weight excluding hydrogens is 322 g/mol. The molecule has 2 aromatic rings. The summed E-state index contributed by atoms with van der Waals surface area (Å²) in [6.07, 6.45) is 4.01. The molecule has 0 bridgehead atoms. The molecule has 3 amide bonds. The van der Waals surface area contributed by atoms with E-state index in [0.717, 1.165) is 16.8 Å². The van der Waals surface area contributed by atoms with Gasteiger partial charge < -0.3 is 20.4 Å². The predicted molar refractivity (Wildman–Crippen MR) is 93.3 cm³/mol. The monoisotopic (exact) mass is 347 g/mol. The van der Waals surface area contributed by atoms with E-state index in [1.54, 1.807) is 10.7 Å². The van der Waals surface area contributed by atoms with Crippen molar-refractivity contribution in [1.29, 1.82) is 0 Å². The van der Waals surface area contributed by atoms with Gasteiger partial charge >= 0.3 is 6.03 Å². The Kier molecular flexibility index (Phi) is 6.21. The van der Waals surface area contributed by atoms with Gasteiger partial charge in [-0.25, -0.2) is 4.79 Å². The quantitative estimate of drug-likeness (QED) is 0.665. The number of nitrogens with one attached hydrogen (secondary N) is 3. The summed E-state index contributed by atoms with van der Waals surface area (Å²) in [5, 5.41) is 12.7. The second kappa shape index (κ2) is 8.36. The topological polar surface area (TPSA) is 101 Å². The molecule has 0 spiro atoms. The van der Waals surface area contributed by atoms with Crippen LogP contribution in [0.15, 0.2) is 22.9 Å². The summed E-state index contributed by atoms with van der Waals surface area (Å²) in [5.74, 6) is 0.0824. The molecule has 2 aromatic heterocycles. The van der Waals surface area contributed by atoms with Crippen LogP contribution in [0, 0.1) is 13.8 Å². The fourth-order valence-corrected chi connectivity index (χ4v) is 2.55. The molecule has 3 N–H and O–H groups in total. The maximum absolute atomic E-state index is 11.9. The maximum atomic E-state index is 11.9. The van der Waals surface area contributed by atoms with Crippen molar-refractivity contribution in [3.63, 3.8) is 0 Å². The highest BCUT2D eigenvalue weighted by atomic mass is 16.3. The van der Waals surface area contributed by atoms with E-state index in [2.05, 4.69) is 21.0 Å². The molecule has 0 saturated heterocycles. The molecule has 0 aliphatic carbocycles. The van der Waals surface area contributed by atoms with Crippen LogP contribution in [0.4, 0.5) is 4.79 Å². The molecule has 0 aliphatic rings. The molecule has 0 saturated carbocycles. The van der Waals surface area contributed by atoms with Gasteiger partial charge in [0.1, 0.15) is 0 Å². The summed E-state index contributed by atoms with van der Waals surface area (Å²) in [7, 11) is 1.85. The lowest BCUT2D eigenvalue weighted by Gasteiger charge is -2.14. The van der Waals surface area contributed by atoms with Crippen molar-refractivity contribution in [3.05, 3.63) is 41.1 Å². The summed E-state index contributed by atoms with van der Waals surface area (Å²) in [5.41, 5.74) is 2.68. The molecular formula is C17H25N5O3. The summed E-state index contributed by atoms with van der Waals surface area (Å²) < 4.78 is 6.85. The first-order valence-corrected chi connectivity index (χ1v) is 8.25. The van der Waals surface area contributed by atoms with Crippen molar-refractivity contribution in [2.45, 2.75) is 33.2 Å². The number of furan rings is 1. The Balaban J connectivity index is 1.65. The molecule has 25 heavy (non-hydrogen) atoms. The summed E-state index contributed by atoms with van der Waals surface area (Å²) >= 11 is 0. The zero-order valence-electron chi connectivity index (χ0n) is 15.0. The molecule has 1 atom stereocenters. The molecule has 0 aliphatic heterocycles. The van der Waals surface area contributed by atoms with Crippen LogP contribution in [0.5, 0.6) is 0 Å². The fraction of sp³-hybridized carbons (Fsp3) is 0.471. The summed E-state index contributed by atoms with van der Waals surface area (Å²) in [4.78, 5) is 23.8. The first-order valence-electron chi connectivity index (χ1n) is 8.25. The van der Waals surface area contributed by atoms with Crippen LogP contribution in [0.25, 0.3) is 0 Å². The highest BCUT2D eigenvalue weighted by molar-refractivity contribution is 5.92. The summed E-state index contributed by atoms with van der Waals surface area (Å²) in [6, 6.07) is 1.37. The molecule has 2 heterocycles. The van der Waals surface area contributed by atoms with E-state index in [-0.39, 0.29) is 18.0 Å². The summed E-state index contributed by atoms with van der Waals surface area (Å²) in [6.45, 7) is 6.55. The Morgan fingerprint density at radius 3 is 2.60 bits per heavy atom. The number of aryl methyl sites for hydroxylation is 3. The Morgan fingerprint density at radius 1 is 1.28 bits per heavy atom. The van der Waals surface area contributed by atoms with E-state index < -0.39 is 0 Å².